The van der Waals surface area contributed by atoms with E-state index >= 15 is 0 Å². The van der Waals surface area contributed by atoms with Crippen molar-refractivity contribution in [3.63, 3.8) is 0 Å². The van der Waals surface area contributed by atoms with Gasteiger partial charge in [-0.2, -0.15) is 9.97 Å². The highest BCUT2D eigenvalue weighted by Gasteiger charge is 2.40. The quantitative estimate of drug-likeness (QED) is 0.510. The van der Waals surface area contributed by atoms with Crippen molar-refractivity contribution >= 4 is 38.4 Å². The van der Waals surface area contributed by atoms with E-state index in [4.69, 9.17) is 11.6 Å². The predicted octanol–water partition coefficient (Wildman–Crippen LogP) is 3.20. The van der Waals surface area contributed by atoms with Crippen LogP contribution in [0.3, 0.4) is 0 Å². The van der Waals surface area contributed by atoms with Crippen molar-refractivity contribution in [2.24, 2.45) is 5.92 Å². The molecule has 0 saturated carbocycles. The Balaban J connectivity index is 1.86. The number of aromatic nitrogens is 5. The lowest BCUT2D eigenvalue weighted by Crippen LogP contribution is -2.27. The number of benzene rings is 1. The number of hydrogen-bond acceptors (Lipinski definition) is 7. The number of rotatable bonds is 6. The third kappa shape index (κ3) is 4.47. The Morgan fingerprint density at radius 2 is 1.97 bits per heavy atom. The molecule has 8 nitrogen and oxygen atoms in total. The SMILES string of the molecule is CC(C)CS(=O)(=O)c1nc(N2CCC(F)(F)C2)c2nnn(Cc3ccccc3Cl)c2n1. The van der Waals surface area contributed by atoms with Gasteiger partial charge in [0.15, 0.2) is 17.0 Å². The molecule has 0 amide bonds. The Hall–Kier alpha value is -2.40. The van der Waals surface area contributed by atoms with Crippen LogP contribution in [0.2, 0.25) is 5.02 Å². The van der Waals surface area contributed by atoms with Crippen molar-refractivity contribution in [2.75, 3.05) is 23.7 Å². The maximum atomic E-state index is 13.9. The van der Waals surface area contributed by atoms with Gasteiger partial charge in [-0.05, 0) is 17.5 Å². The Morgan fingerprint density at radius 1 is 1.23 bits per heavy atom. The molecule has 3 heterocycles. The van der Waals surface area contributed by atoms with Crippen LogP contribution in [0.4, 0.5) is 14.6 Å². The average molecular weight is 471 g/mol. The molecule has 0 spiro atoms. The first-order valence-electron chi connectivity index (χ1n) is 9.76. The molecule has 1 aliphatic rings. The summed E-state index contributed by atoms with van der Waals surface area (Å²) in [7, 11) is -3.84. The molecule has 12 heteroatoms. The highest BCUT2D eigenvalue weighted by atomic mass is 35.5. The number of nitrogens with zero attached hydrogens (tertiary/aromatic N) is 6. The van der Waals surface area contributed by atoms with Crippen LogP contribution in [0.25, 0.3) is 11.2 Å². The fourth-order valence-electron chi connectivity index (χ4n) is 3.51. The van der Waals surface area contributed by atoms with Crippen molar-refractivity contribution < 1.29 is 17.2 Å². The summed E-state index contributed by atoms with van der Waals surface area (Å²) in [5.41, 5.74) is 1.06. The molecule has 4 rings (SSSR count). The van der Waals surface area contributed by atoms with Crippen LogP contribution in [0.1, 0.15) is 25.8 Å². The minimum absolute atomic E-state index is 0.0279. The van der Waals surface area contributed by atoms with Crippen molar-refractivity contribution in [2.45, 2.75) is 37.9 Å². The van der Waals surface area contributed by atoms with E-state index in [2.05, 4.69) is 20.3 Å². The molecule has 0 aliphatic carbocycles. The summed E-state index contributed by atoms with van der Waals surface area (Å²) < 4.78 is 54.9. The molecule has 0 radical (unpaired) electrons. The van der Waals surface area contributed by atoms with Crippen LogP contribution in [0, 0.1) is 5.92 Å². The highest BCUT2D eigenvalue weighted by Crippen LogP contribution is 2.33. The number of anilines is 1. The molecule has 0 atom stereocenters. The zero-order valence-electron chi connectivity index (χ0n) is 17.0. The van der Waals surface area contributed by atoms with E-state index in [0.29, 0.717) is 5.02 Å². The van der Waals surface area contributed by atoms with Gasteiger partial charge >= 0.3 is 0 Å². The van der Waals surface area contributed by atoms with Gasteiger partial charge in [0.05, 0.1) is 18.8 Å². The van der Waals surface area contributed by atoms with Crippen molar-refractivity contribution in [3.8, 4) is 0 Å². The third-order valence-electron chi connectivity index (χ3n) is 4.90. The van der Waals surface area contributed by atoms with E-state index in [1.54, 1.807) is 32.0 Å². The lowest BCUT2D eigenvalue weighted by Gasteiger charge is -2.18. The minimum Gasteiger partial charge on any atom is -0.348 e. The van der Waals surface area contributed by atoms with Gasteiger partial charge in [0.2, 0.25) is 9.84 Å². The lowest BCUT2D eigenvalue weighted by atomic mass is 10.2. The molecule has 1 saturated heterocycles. The Labute approximate surface area is 183 Å². The van der Waals surface area contributed by atoms with Gasteiger partial charge in [0.1, 0.15) is 0 Å². The monoisotopic (exact) mass is 470 g/mol. The van der Waals surface area contributed by atoms with Crippen LogP contribution in [0.5, 0.6) is 0 Å². The summed E-state index contributed by atoms with van der Waals surface area (Å²) in [6, 6.07) is 7.12. The molecular weight excluding hydrogens is 450 g/mol. The second-order valence-corrected chi connectivity index (χ2v) is 10.4. The van der Waals surface area contributed by atoms with Gasteiger partial charge < -0.3 is 4.90 Å². The molecule has 0 bridgehead atoms. The van der Waals surface area contributed by atoms with Crippen LogP contribution in [0.15, 0.2) is 29.4 Å². The predicted molar refractivity (Wildman–Crippen MR) is 112 cm³/mol. The fourth-order valence-corrected chi connectivity index (χ4v) is 5.18. The molecule has 1 fully saturated rings. The molecule has 3 aromatic rings. The normalized spacial score (nSPS) is 16.5. The van der Waals surface area contributed by atoms with Crippen LogP contribution < -0.4 is 4.90 Å². The maximum Gasteiger partial charge on any atom is 0.266 e. The summed E-state index contributed by atoms with van der Waals surface area (Å²) in [5, 5.41) is 8.26. The van der Waals surface area contributed by atoms with Gasteiger partial charge in [-0.15, -0.1) is 5.10 Å². The molecule has 1 aromatic carbocycles. The molecule has 166 valence electrons. The van der Waals surface area contributed by atoms with Gasteiger partial charge in [-0.25, -0.2) is 21.9 Å². The van der Waals surface area contributed by atoms with Crippen LogP contribution in [-0.4, -0.2) is 58.1 Å². The van der Waals surface area contributed by atoms with Crippen molar-refractivity contribution in [1.82, 2.24) is 25.0 Å². The van der Waals surface area contributed by atoms with E-state index in [0.717, 1.165) is 5.56 Å². The highest BCUT2D eigenvalue weighted by molar-refractivity contribution is 7.91. The first-order chi connectivity index (χ1) is 14.6. The summed E-state index contributed by atoms with van der Waals surface area (Å²) >= 11 is 6.24. The molecule has 2 aromatic heterocycles. The van der Waals surface area contributed by atoms with Crippen molar-refractivity contribution in [1.29, 1.82) is 0 Å². The second-order valence-electron chi connectivity index (χ2n) is 8.04. The Bertz CT molecular complexity index is 1230. The maximum absolute atomic E-state index is 13.9. The van der Waals surface area contributed by atoms with Crippen LogP contribution >= 0.6 is 11.6 Å². The smallest absolute Gasteiger partial charge is 0.266 e. The van der Waals surface area contributed by atoms with Gasteiger partial charge in [0.25, 0.3) is 11.1 Å². The number of hydrogen-bond donors (Lipinski definition) is 0. The van der Waals surface area contributed by atoms with Gasteiger partial charge in [0, 0.05) is 18.0 Å². The Morgan fingerprint density at radius 3 is 2.61 bits per heavy atom. The molecule has 0 unspecified atom stereocenters. The lowest BCUT2D eigenvalue weighted by molar-refractivity contribution is 0.0257. The first kappa shape index (κ1) is 21.8. The summed E-state index contributed by atoms with van der Waals surface area (Å²) in [6.45, 7) is 3.18. The number of fused-ring (bicyclic) bond motifs is 1. The van der Waals surface area contributed by atoms with Crippen LogP contribution in [-0.2, 0) is 16.4 Å². The summed E-state index contributed by atoms with van der Waals surface area (Å²) in [4.78, 5) is 9.74. The standard InChI is InChI=1S/C19H21ClF2N6O2S/c1-12(2)10-31(29,30)18-23-16(27-8-7-19(21,22)11-27)15-17(24-18)28(26-25-15)9-13-5-3-4-6-14(13)20/h3-6,12H,7-11H2,1-2H3. The van der Waals surface area contributed by atoms with E-state index in [9.17, 15) is 17.2 Å². The summed E-state index contributed by atoms with van der Waals surface area (Å²) in [6.07, 6.45) is -0.347. The van der Waals surface area contributed by atoms with Gasteiger partial charge in [-0.3, -0.25) is 0 Å². The summed E-state index contributed by atoms with van der Waals surface area (Å²) in [5.74, 6) is -3.16. The third-order valence-corrected chi connectivity index (χ3v) is 7.12. The fraction of sp³-hybridized carbons (Fsp3) is 0.474. The zero-order chi connectivity index (χ0) is 22.4. The van der Waals surface area contributed by atoms with Crippen molar-refractivity contribution in [3.05, 3.63) is 34.9 Å². The number of sulfone groups is 1. The van der Waals surface area contributed by atoms with E-state index in [-0.39, 0.29) is 48.2 Å². The zero-order valence-corrected chi connectivity index (χ0v) is 18.5. The average Bonchev–Trinajstić information content (AvgIpc) is 3.25. The molecule has 31 heavy (non-hydrogen) atoms. The minimum atomic E-state index is -3.84. The largest absolute Gasteiger partial charge is 0.348 e. The topological polar surface area (TPSA) is 93.9 Å². The second kappa shape index (κ2) is 7.94. The molecule has 0 N–H and O–H groups in total. The molecule has 1 aliphatic heterocycles. The molecular formula is C19H21ClF2N6O2S. The first-order valence-corrected chi connectivity index (χ1v) is 11.8. The number of alkyl halides is 2. The van der Waals surface area contributed by atoms with E-state index in [1.165, 1.54) is 9.58 Å². The number of halogens is 3. The Kier molecular flexibility index (Phi) is 5.59. The van der Waals surface area contributed by atoms with E-state index in [1.807, 2.05) is 6.07 Å². The van der Waals surface area contributed by atoms with Gasteiger partial charge in [-0.1, -0.05) is 48.9 Å². The van der Waals surface area contributed by atoms with E-state index < -0.39 is 27.5 Å².